The van der Waals surface area contributed by atoms with E-state index >= 15 is 0 Å². The van der Waals surface area contributed by atoms with Gasteiger partial charge in [0.25, 0.3) is 0 Å². The molecular formula is C31H45F3N6O6S2. The number of alkyl halides is 3. The van der Waals surface area contributed by atoms with Gasteiger partial charge in [-0.1, -0.05) is 6.07 Å². The van der Waals surface area contributed by atoms with Crippen molar-refractivity contribution in [3.63, 3.8) is 0 Å². The highest BCUT2D eigenvalue weighted by Gasteiger charge is 2.35. The van der Waals surface area contributed by atoms with Crippen molar-refractivity contribution in [2.24, 2.45) is 0 Å². The van der Waals surface area contributed by atoms with E-state index in [0.29, 0.717) is 81.1 Å². The van der Waals surface area contributed by atoms with Crippen molar-refractivity contribution in [3.05, 3.63) is 35.0 Å². The number of carbonyl (C=O) groups excluding carboxylic acids is 1. The van der Waals surface area contributed by atoms with E-state index in [9.17, 15) is 41.7 Å². The number of halogens is 3. The number of fused-ring (bicyclic) bond motifs is 1. The average molecular weight is 719 g/mol. The summed E-state index contributed by atoms with van der Waals surface area (Å²) in [6.07, 6.45) is -1.49. The molecule has 1 aromatic carbocycles. The fourth-order valence-corrected chi connectivity index (χ4v) is 8.78. The fraction of sp³-hybridized carbons (Fsp3) is 0.677. The van der Waals surface area contributed by atoms with Gasteiger partial charge >= 0.3 is 6.18 Å². The Labute approximate surface area is 283 Å². The SMILES string of the molecule is CS(=O)(=O)NC1CCN(CC(O)Cn2nc(-c3ccc(C(F)(F)F)c(SCCN4CCCC(O)C4)c3)c3c2CCN(C(=O)CO)C3)CC1. The Kier molecular flexibility index (Phi) is 12.1. The summed E-state index contributed by atoms with van der Waals surface area (Å²) in [7, 11) is -3.30. The van der Waals surface area contributed by atoms with Crippen molar-refractivity contribution < 1.29 is 41.7 Å². The van der Waals surface area contributed by atoms with E-state index < -0.39 is 46.5 Å². The molecule has 2 unspecified atom stereocenters. The number of sulfonamides is 1. The third kappa shape index (κ3) is 9.71. The van der Waals surface area contributed by atoms with Gasteiger partial charge in [0, 0.05) is 72.7 Å². The van der Waals surface area contributed by atoms with Crippen LogP contribution in [0.2, 0.25) is 0 Å². The highest BCUT2D eigenvalue weighted by Crippen LogP contribution is 2.40. The number of likely N-dealkylation sites (tertiary alicyclic amines) is 2. The van der Waals surface area contributed by atoms with Gasteiger partial charge in [-0.15, -0.1) is 11.8 Å². The van der Waals surface area contributed by atoms with E-state index in [1.165, 1.54) is 17.0 Å². The highest BCUT2D eigenvalue weighted by atomic mass is 32.2. The quantitative estimate of drug-likeness (QED) is 0.237. The average Bonchev–Trinajstić information content (AvgIpc) is 3.37. The molecular weight excluding hydrogens is 674 g/mol. The van der Waals surface area contributed by atoms with Crippen molar-refractivity contribution in [3.8, 4) is 11.3 Å². The number of nitrogens with zero attached hydrogens (tertiary/aromatic N) is 5. The molecule has 4 N–H and O–H groups in total. The zero-order chi connectivity index (χ0) is 34.6. The first-order chi connectivity index (χ1) is 22.7. The molecule has 17 heteroatoms. The maximum absolute atomic E-state index is 14.1. The van der Waals surface area contributed by atoms with Crippen LogP contribution in [0.25, 0.3) is 11.3 Å². The van der Waals surface area contributed by atoms with Gasteiger partial charge < -0.3 is 25.1 Å². The van der Waals surface area contributed by atoms with E-state index in [-0.39, 0.29) is 24.0 Å². The summed E-state index contributed by atoms with van der Waals surface area (Å²) in [6.45, 7) is 3.30. The second-order valence-electron chi connectivity index (χ2n) is 13.0. The summed E-state index contributed by atoms with van der Waals surface area (Å²) in [5.41, 5.74) is 1.59. The molecule has 4 heterocycles. The number of aliphatic hydroxyl groups is 3. The van der Waals surface area contributed by atoms with Gasteiger partial charge in [0.05, 0.1) is 36.3 Å². The molecule has 3 aliphatic rings. The number of β-amino-alcohol motifs (C(OH)–C–C–N with tert-alkyl or cyclic N) is 2. The van der Waals surface area contributed by atoms with Crippen molar-refractivity contribution in [1.29, 1.82) is 0 Å². The number of piperidine rings is 2. The Bertz CT molecular complexity index is 1530. The Morgan fingerprint density at radius 3 is 2.54 bits per heavy atom. The number of aliphatic hydroxyl groups excluding tert-OH is 3. The smallest absolute Gasteiger partial charge is 0.392 e. The first kappa shape index (κ1) is 37.0. The van der Waals surface area contributed by atoms with Crippen LogP contribution in [0.1, 0.15) is 42.5 Å². The Morgan fingerprint density at radius 1 is 1.12 bits per heavy atom. The Hall–Kier alpha value is -2.25. The molecule has 48 heavy (non-hydrogen) atoms. The number of hydrogen-bond donors (Lipinski definition) is 4. The van der Waals surface area contributed by atoms with E-state index in [4.69, 9.17) is 5.10 Å². The summed E-state index contributed by atoms with van der Waals surface area (Å²) in [4.78, 5) is 18.1. The van der Waals surface area contributed by atoms with Crippen LogP contribution in [-0.4, -0.2) is 137 Å². The minimum absolute atomic E-state index is 0.0637. The van der Waals surface area contributed by atoms with E-state index in [2.05, 4.69) is 14.5 Å². The Balaban J connectivity index is 1.36. The van der Waals surface area contributed by atoms with E-state index in [1.54, 1.807) is 4.68 Å². The maximum Gasteiger partial charge on any atom is 0.417 e. The van der Waals surface area contributed by atoms with Gasteiger partial charge in [0.15, 0.2) is 0 Å². The van der Waals surface area contributed by atoms with Gasteiger partial charge in [-0.2, -0.15) is 18.3 Å². The minimum Gasteiger partial charge on any atom is -0.392 e. The topological polar surface area (TPSA) is 151 Å². The van der Waals surface area contributed by atoms with Crippen molar-refractivity contribution in [2.45, 2.75) is 74.5 Å². The summed E-state index contributed by atoms with van der Waals surface area (Å²) in [5, 5.41) is 35.4. The summed E-state index contributed by atoms with van der Waals surface area (Å²) < 4.78 is 69.8. The largest absolute Gasteiger partial charge is 0.417 e. The van der Waals surface area contributed by atoms with Gasteiger partial charge in [0.2, 0.25) is 15.9 Å². The molecule has 0 aliphatic carbocycles. The Morgan fingerprint density at radius 2 is 1.88 bits per heavy atom. The third-order valence-corrected chi connectivity index (χ3v) is 10.9. The molecule has 268 valence electrons. The molecule has 2 aromatic rings. The van der Waals surface area contributed by atoms with Crippen molar-refractivity contribution >= 4 is 27.7 Å². The number of hydrogen-bond acceptors (Lipinski definition) is 10. The second kappa shape index (κ2) is 15.7. The van der Waals surface area contributed by atoms with Gasteiger partial charge in [-0.25, -0.2) is 13.1 Å². The van der Waals surface area contributed by atoms with Gasteiger partial charge in [-0.05, 0) is 57.5 Å². The van der Waals surface area contributed by atoms with Crippen LogP contribution in [0.15, 0.2) is 23.1 Å². The zero-order valence-corrected chi connectivity index (χ0v) is 28.7. The van der Waals surface area contributed by atoms with Crippen LogP contribution in [0.5, 0.6) is 0 Å². The van der Waals surface area contributed by atoms with Crippen LogP contribution >= 0.6 is 11.8 Å². The maximum atomic E-state index is 14.1. The lowest BCUT2D eigenvalue weighted by molar-refractivity contribution is -0.139. The molecule has 2 fully saturated rings. The van der Waals surface area contributed by atoms with E-state index in [1.807, 2.05) is 0 Å². The number of thioether (sulfide) groups is 1. The predicted molar refractivity (Wildman–Crippen MR) is 175 cm³/mol. The lowest BCUT2D eigenvalue weighted by Gasteiger charge is -2.33. The van der Waals surface area contributed by atoms with Crippen molar-refractivity contribution in [1.82, 2.24) is 29.2 Å². The first-order valence-corrected chi connectivity index (χ1v) is 19.2. The second-order valence-corrected chi connectivity index (χ2v) is 15.9. The predicted octanol–water partition coefficient (Wildman–Crippen LogP) is 1.37. The van der Waals surface area contributed by atoms with Crippen LogP contribution in [0.4, 0.5) is 13.2 Å². The van der Waals surface area contributed by atoms with E-state index in [0.717, 1.165) is 49.2 Å². The molecule has 2 atom stereocenters. The first-order valence-electron chi connectivity index (χ1n) is 16.3. The monoisotopic (exact) mass is 718 g/mol. The summed E-state index contributed by atoms with van der Waals surface area (Å²) >= 11 is 1.11. The van der Waals surface area contributed by atoms with Gasteiger partial charge in [0.1, 0.15) is 6.61 Å². The van der Waals surface area contributed by atoms with Crippen LogP contribution in [-0.2, 0) is 40.5 Å². The van der Waals surface area contributed by atoms with Crippen LogP contribution in [0.3, 0.4) is 0 Å². The number of amides is 1. The lowest BCUT2D eigenvalue weighted by atomic mass is 9.99. The molecule has 1 amide bonds. The number of aromatic nitrogens is 2. The number of nitrogens with one attached hydrogen (secondary N) is 1. The van der Waals surface area contributed by atoms with Crippen LogP contribution in [0, 0.1) is 0 Å². The molecule has 12 nitrogen and oxygen atoms in total. The standard InChI is InChI=1S/C31H45F3N6O6S2/c1-48(45,46)36-22-6-10-38(11-7-22)17-24(43)18-40-27-8-12-39(29(44)20-41)19-25(27)30(35-40)21-4-5-26(31(32,33)34)28(15-21)47-14-13-37-9-2-3-23(42)16-37/h4-5,15,22-24,36,41-43H,2-3,6-14,16-20H2,1H3. The van der Waals surface area contributed by atoms with Crippen molar-refractivity contribution in [2.75, 3.05) is 64.4 Å². The number of carbonyl (C=O) groups is 1. The molecule has 5 rings (SSSR count). The molecule has 0 radical (unpaired) electrons. The molecule has 2 saturated heterocycles. The van der Waals surface area contributed by atoms with Gasteiger partial charge in [-0.3, -0.25) is 14.4 Å². The lowest BCUT2D eigenvalue weighted by Crippen LogP contribution is -2.46. The highest BCUT2D eigenvalue weighted by molar-refractivity contribution is 7.99. The zero-order valence-electron chi connectivity index (χ0n) is 27.0. The molecule has 3 aliphatic heterocycles. The fourth-order valence-electron chi connectivity index (χ4n) is 6.82. The minimum atomic E-state index is -4.56. The summed E-state index contributed by atoms with van der Waals surface area (Å²) in [5.74, 6) is -0.0575. The van der Waals surface area contributed by atoms with Crippen LogP contribution < -0.4 is 4.72 Å². The number of benzene rings is 1. The normalized spacial score (nSPS) is 21.0. The summed E-state index contributed by atoms with van der Waals surface area (Å²) in [6, 6.07) is 3.79. The third-order valence-electron chi connectivity index (χ3n) is 9.15. The number of rotatable bonds is 12. The molecule has 0 bridgehead atoms. The molecule has 0 saturated carbocycles. The molecule has 1 aromatic heterocycles. The molecule has 0 spiro atoms.